The molecule has 0 N–H and O–H groups in total. The molecular weight excluding hydrogens is 370 g/mol. The molecular formula is C22H25N3O4. The summed E-state index contributed by atoms with van der Waals surface area (Å²) in [5.41, 5.74) is 2.14. The van der Waals surface area contributed by atoms with Gasteiger partial charge in [-0.2, -0.15) is 5.10 Å². The lowest BCUT2D eigenvalue weighted by atomic mass is 10.1. The number of ether oxygens (including phenoxy) is 4. The molecule has 0 atom stereocenters. The van der Waals surface area contributed by atoms with E-state index in [1.807, 2.05) is 41.2 Å². The Morgan fingerprint density at radius 3 is 2.38 bits per heavy atom. The molecule has 0 saturated carbocycles. The third-order valence-electron chi connectivity index (χ3n) is 5.05. The zero-order chi connectivity index (χ0) is 20.2. The molecule has 0 amide bonds. The normalized spacial score (nSPS) is 13.5. The Morgan fingerprint density at radius 1 is 0.897 bits per heavy atom. The summed E-state index contributed by atoms with van der Waals surface area (Å²) in [5, 5.41) is 4.32. The zero-order valence-corrected chi connectivity index (χ0v) is 16.9. The Bertz CT molecular complexity index is 972. The van der Waals surface area contributed by atoms with Crippen LogP contribution in [-0.4, -0.2) is 42.6 Å². The van der Waals surface area contributed by atoms with Crippen LogP contribution in [0, 0.1) is 0 Å². The van der Waals surface area contributed by atoms with Gasteiger partial charge < -0.3 is 18.9 Å². The summed E-state index contributed by atoms with van der Waals surface area (Å²) in [5.74, 6) is 3.62. The molecule has 152 valence electrons. The van der Waals surface area contributed by atoms with Gasteiger partial charge in [0.2, 0.25) is 0 Å². The quantitative estimate of drug-likeness (QED) is 0.634. The maximum Gasteiger partial charge on any atom is 0.164 e. The topological polar surface area (TPSA) is 58.0 Å². The van der Waals surface area contributed by atoms with Crippen molar-refractivity contribution in [1.29, 1.82) is 0 Å². The first-order valence-electron chi connectivity index (χ1n) is 9.49. The van der Waals surface area contributed by atoms with Crippen molar-refractivity contribution in [2.75, 3.05) is 27.9 Å². The second-order valence-corrected chi connectivity index (χ2v) is 6.87. The minimum atomic E-state index is 0.638. The van der Waals surface area contributed by atoms with Gasteiger partial charge in [0.25, 0.3) is 0 Å². The molecule has 0 unspecified atom stereocenters. The lowest BCUT2D eigenvalue weighted by molar-refractivity contribution is 0.230. The van der Waals surface area contributed by atoms with E-state index in [2.05, 4.69) is 16.1 Å². The van der Waals surface area contributed by atoms with Crippen LogP contribution in [0.3, 0.4) is 0 Å². The Kier molecular flexibility index (Phi) is 5.57. The lowest BCUT2D eigenvalue weighted by Crippen LogP contribution is -2.28. The van der Waals surface area contributed by atoms with E-state index in [1.54, 1.807) is 27.5 Å². The Labute approximate surface area is 170 Å². The molecule has 1 aliphatic heterocycles. The van der Waals surface area contributed by atoms with E-state index in [-0.39, 0.29) is 0 Å². The summed E-state index contributed by atoms with van der Waals surface area (Å²) in [6.07, 6.45) is 3.78. The van der Waals surface area contributed by atoms with E-state index in [0.717, 1.165) is 54.6 Å². The first-order chi connectivity index (χ1) is 14.2. The van der Waals surface area contributed by atoms with Crippen LogP contribution in [0.1, 0.15) is 11.1 Å². The van der Waals surface area contributed by atoms with Gasteiger partial charge in [0.05, 0.1) is 27.9 Å². The van der Waals surface area contributed by atoms with Crippen molar-refractivity contribution in [2.24, 2.45) is 0 Å². The fraction of sp³-hybridized carbons (Fsp3) is 0.318. The second-order valence-electron chi connectivity index (χ2n) is 6.87. The average molecular weight is 395 g/mol. The highest BCUT2D eigenvalue weighted by molar-refractivity contribution is 5.53. The lowest BCUT2D eigenvalue weighted by Gasteiger charge is -2.28. The molecule has 0 aliphatic carbocycles. The van der Waals surface area contributed by atoms with Crippen molar-refractivity contribution in [1.82, 2.24) is 14.7 Å². The van der Waals surface area contributed by atoms with Crippen LogP contribution in [-0.2, 0) is 19.6 Å². The molecule has 7 heteroatoms. The molecule has 7 nitrogen and oxygen atoms in total. The summed E-state index contributed by atoms with van der Waals surface area (Å²) in [6, 6.07) is 11.8. The van der Waals surface area contributed by atoms with E-state index in [4.69, 9.17) is 18.9 Å². The summed E-state index contributed by atoms with van der Waals surface area (Å²) >= 11 is 0. The Morgan fingerprint density at radius 2 is 1.66 bits per heavy atom. The number of methoxy groups -OCH3 is 3. The Balaban J connectivity index is 1.72. The molecule has 3 aromatic rings. The number of hydrogen-bond donors (Lipinski definition) is 0. The van der Waals surface area contributed by atoms with Gasteiger partial charge in [0, 0.05) is 55.3 Å². The predicted molar refractivity (Wildman–Crippen MR) is 109 cm³/mol. The predicted octanol–water partition coefficient (Wildman–Crippen LogP) is 3.72. The van der Waals surface area contributed by atoms with Gasteiger partial charge in [0.1, 0.15) is 17.2 Å². The minimum Gasteiger partial charge on any atom is -0.497 e. The van der Waals surface area contributed by atoms with Gasteiger partial charge in [0.15, 0.2) is 11.5 Å². The summed E-state index contributed by atoms with van der Waals surface area (Å²) in [4.78, 5) is 2.38. The largest absolute Gasteiger partial charge is 0.497 e. The number of benzene rings is 2. The van der Waals surface area contributed by atoms with Crippen molar-refractivity contribution in [3.8, 4) is 28.7 Å². The number of nitrogens with zero attached hydrogens (tertiary/aromatic N) is 3. The van der Waals surface area contributed by atoms with Gasteiger partial charge in [-0.05, 0) is 18.2 Å². The van der Waals surface area contributed by atoms with Crippen molar-refractivity contribution < 1.29 is 18.9 Å². The van der Waals surface area contributed by atoms with Crippen molar-refractivity contribution in [3.63, 3.8) is 0 Å². The monoisotopic (exact) mass is 395 g/mol. The molecule has 1 aliphatic rings. The maximum absolute atomic E-state index is 6.31. The van der Waals surface area contributed by atoms with Crippen LogP contribution in [0.4, 0.5) is 0 Å². The number of hydrogen-bond acceptors (Lipinski definition) is 6. The molecule has 0 bridgehead atoms. The van der Waals surface area contributed by atoms with Crippen molar-refractivity contribution >= 4 is 0 Å². The highest BCUT2D eigenvalue weighted by Gasteiger charge is 2.21. The second kappa shape index (κ2) is 8.45. The van der Waals surface area contributed by atoms with Crippen LogP contribution in [0.25, 0.3) is 0 Å². The molecule has 0 saturated heterocycles. The van der Waals surface area contributed by atoms with Gasteiger partial charge in [-0.15, -0.1) is 0 Å². The van der Waals surface area contributed by atoms with Crippen LogP contribution in [0.15, 0.2) is 48.8 Å². The van der Waals surface area contributed by atoms with E-state index in [9.17, 15) is 0 Å². The summed E-state index contributed by atoms with van der Waals surface area (Å²) < 4.78 is 24.6. The fourth-order valence-electron chi connectivity index (χ4n) is 3.50. The minimum absolute atomic E-state index is 0.638. The standard InChI is InChI=1S/C22H25N3O4/c1-26-18-6-5-16-14-24(9-10-25-8-4-7-23-25)15-17-11-21(27-2)22(28-3)13-20(17)29-19(16)12-18/h4-8,11-13H,9-10,14-15H2,1-3H3. The molecule has 0 spiro atoms. The van der Waals surface area contributed by atoms with E-state index >= 15 is 0 Å². The van der Waals surface area contributed by atoms with Crippen LogP contribution in [0.2, 0.25) is 0 Å². The molecule has 2 heterocycles. The van der Waals surface area contributed by atoms with Gasteiger partial charge in [-0.3, -0.25) is 9.58 Å². The van der Waals surface area contributed by atoms with Crippen LogP contribution >= 0.6 is 0 Å². The van der Waals surface area contributed by atoms with Gasteiger partial charge in [-0.25, -0.2) is 0 Å². The molecule has 0 radical (unpaired) electrons. The first-order valence-corrected chi connectivity index (χ1v) is 9.49. The molecule has 4 rings (SSSR count). The molecule has 0 fully saturated rings. The SMILES string of the molecule is COc1ccc2c(c1)Oc1cc(OC)c(OC)cc1CN(CCn1cccn1)C2. The number of rotatable bonds is 6. The third-order valence-corrected chi connectivity index (χ3v) is 5.05. The van der Waals surface area contributed by atoms with Crippen LogP contribution < -0.4 is 18.9 Å². The highest BCUT2D eigenvalue weighted by Crippen LogP contribution is 2.40. The van der Waals surface area contributed by atoms with E-state index in [0.29, 0.717) is 11.5 Å². The third kappa shape index (κ3) is 4.14. The molecule has 29 heavy (non-hydrogen) atoms. The Hall–Kier alpha value is -3.19. The maximum atomic E-state index is 6.31. The highest BCUT2D eigenvalue weighted by atomic mass is 16.5. The van der Waals surface area contributed by atoms with Crippen LogP contribution in [0.5, 0.6) is 28.7 Å². The van der Waals surface area contributed by atoms with Crippen molar-refractivity contribution in [3.05, 3.63) is 59.9 Å². The van der Waals surface area contributed by atoms with Gasteiger partial charge >= 0.3 is 0 Å². The van der Waals surface area contributed by atoms with E-state index in [1.165, 1.54) is 0 Å². The summed E-state index contributed by atoms with van der Waals surface area (Å²) in [6.45, 7) is 3.14. The number of fused-ring (bicyclic) bond motifs is 2. The summed E-state index contributed by atoms with van der Waals surface area (Å²) in [7, 11) is 4.92. The van der Waals surface area contributed by atoms with E-state index < -0.39 is 0 Å². The molecule has 1 aromatic heterocycles. The fourth-order valence-corrected chi connectivity index (χ4v) is 3.50. The zero-order valence-electron chi connectivity index (χ0n) is 16.9. The average Bonchev–Trinajstić information content (AvgIpc) is 3.26. The smallest absolute Gasteiger partial charge is 0.164 e. The van der Waals surface area contributed by atoms with Crippen molar-refractivity contribution in [2.45, 2.75) is 19.6 Å². The molecule has 2 aromatic carbocycles. The first kappa shape index (κ1) is 19.1. The number of aromatic nitrogens is 2. The van der Waals surface area contributed by atoms with Gasteiger partial charge in [-0.1, -0.05) is 6.07 Å².